The van der Waals surface area contributed by atoms with Crippen LogP contribution in [0.25, 0.3) is 0 Å². The van der Waals surface area contributed by atoms with Crippen LogP contribution >= 0.6 is 0 Å². The number of hydrogen-bond acceptors (Lipinski definition) is 4. The van der Waals surface area contributed by atoms with Gasteiger partial charge in [-0.05, 0) is 19.3 Å². The number of amides is 1. The molecule has 0 aromatic heterocycles. The van der Waals surface area contributed by atoms with E-state index in [0.717, 1.165) is 12.8 Å². The molecule has 0 aliphatic heterocycles. The minimum absolute atomic E-state index is 0.262. The Balaban J connectivity index is 3.66. The molecule has 37 heavy (non-hydrogen) atoms. The van der Waals surface area contributed by atoms with Gasteiger partial charge in [-0.2, -0.15) is 0 Å². The van der Waals surface area contributed by atoms with Crippen molar-refractivity contribution in [3.8, 4) is 0 Å². The van der Waals surface area contributed by atoms with Gasteiger partial charge in [0.2, 0.25) is 5.91 Å². The van der Waals surface area contributed by atoms with E-state index in [2.05, 4.69) is 13.8 Å². The highest BCUT2D eigenvalue weighted by Crippen LogP contribution is 2.14. The third-order valence-electron chi connectivity index (χ3n) is 7.23. The largest absolute Gasteiger partial charge is 0.370 e. The van der Waals surface area contributed by atoms with E-state index in [9.17, 15) is 4.79 Å². The van der Waals surface area contributed by atoms with Crippen LogP contribution < -0.4 is 5.73 Å². The number of hydrogen-bond donors (Lipinski definition) is 1. The summed E-state index contributed by atoms with van der Waals surface area (Å²) in [4.78, 5) is 22.8. The third kappa shape index (κ3) is 31.5. The van der Waals surface area contributed by atoms with Gasteiger partial charge < -0.3 is 5.73 Å². The second kappa shape index (κ2) is 31.6. The van der Waals surface area contributed by atoms with E-state index in [1.54, 1.807) is 5.23 Å². The molecule has 0 heterocycles. The number of hydroxylamine groups is 2. The first-order valence-electron chi connectivity index (χ1n) is 16.5. The predicted octanol–water partition coefficient (Wildman–Crippen LogP) is 9.82. The summed E-state index contributed by atoms with van der Waals surface area (Å²) < 4.78 is 0. The summed E-state index contributed by atoms with van der Waals surface area (Å²) in [5, 5.41) is 1.61. The Hall–Kier alpha value is -0.650. The Morgan fingerprint density at radius 3 is 1.08 bits per heavy atom. The SMILES string of the molecule is CCCCCCCCCCCCCCON(CCCC(N)=O)OCCCCCCCCCCCCCC. The molecule has 0 fully saturated rings. The van der Waals surface area contributed by atoms with E-state index in [1.165, 1.54) is 141 Å². The van der Waals surface area contributed by atoms with Crippen molar-refractivity contribution in [1.29, 1.82) is 0 Å². The zero-order valence-electron chi connectivity index (χ0n) is 25.3. The Kier molecular flexibility index (Phi) is 31.0. The van der Waals surface area contributed by atoms with E-state index in [-0.39, 0.29) is 5.91 Å². The van der Waals surface area contributed by atoms with Crippen molar-refractivity contribution < 1.29 is 14.5 Å². The molecular formula is C32H66N2O3. The van der Waals surface area contributed by atoms with Crippen molar-refractivity contribution in [3.63, 3.8) is 0 Å². The number of carbonyl (C=O) groups excluding carboxylic acids is 1. The molecule has 0 saturated carbocycles. The smallest absolute Gasteiger partial charge is 0.217 e. The molecule has 0 aromatic carbocycles. The lowest BCUT2D eigenvalue weighted by Gasteiger charge is -2.21. The molecule has 0 rings (SSSR count). The Morgan fingerprint density at radius 1 is 0.486 bits per heavy atom. The van der Waals surface area contributed by atoms with Crippen molar-refractivity contribution in [3.05, 3.63) is 0 Å². The Bertz CT molecular complexity index is 418. The quantitative estimate of drug-likeness (QED) is 0.0699. The highest BCUT2D eigenvalue weighted by atomic mass is 16.9. The minimum atomic E-state index is -0.262. The van der Waals surface area contributed by atoms with Gasteiger partial charge in [0.15, 0.2) is 0 Å². The summed E-state index contributed by atoms with van der Waals surface area (Å²) in [6, 6.07) is 0. The molecule has 0 saturated heterocycles. The van der Waals surface area contributed by atoms with Gasteiger partial charge in [-0.3, -0.25) is 14.5 Å². The maximum atomic E-state index is 11.1. The first kappa shape index (κ1) is 36.4. The average molecular weight is 527 g/mol. The van der Waals surface area contributed by atoms with Crippen molar-refractivity contribution in [2.75, 3.05) is 19.8 Å². The number of carbonyl (C=O) groups is 1. The van der Waals surface area contributed by atoms with Gasteiger partial charge in [0.1, 0.15) is 0 Å². The minimum Gasteiger partial charge on any atom is -0.370 e. The van der Waals surface area contributed by atoms with Crippen LogP contribution in [-0.2, 0) is 14.5 Å². The van der Waals surface area contributed by atoms with Gasteiger partial charge >= 0.3 is 0 Å². The second-order valence-electron chi connectivity index (χ2n) is 11.1. The number of nitrogens with zero attached hydrogens (tertiary/aromatic N) is 1. The lowest BCUT2D eigenvalue weighted by atomic mass is 10.1. The summed E-state index contributed by atoms with van der Waals surface area (Å²) in [5.74, 6) is -0.262. The van der Waals surface area contributed by atoms with Crippen molar-refractivity contribution >= 4 is 5.91 Å². The molecule has 0 spiro atoms. The first-order chi connectivity index (χ1) is 18.2. The van der Waals surface area contributed by atoms with Gasteiger partial charge in [-0.15, -0.1) is 0 Å². The zero-order chi connectivity index (χ0) is 27.1. The topological polar surface area (TPSA) is 64.8 Å². The van der Waals surface area contributed by atoms with Crippen LogP contribution in [0.1, 0.15) is 181 Å². The van der Waals surface area contributed by atoms with E-state index < -0.39 is 0 Å². The monoisotopic (exact) mass is 527 g/mol. The van der Waals surface area contributed by atoms with Gasteiger partial charge in [0.05, 0.1) is 19.8 Å². The highest BCUT2D eigenvalue weighted by Gasteiger charge is 2.07. The molecule has 1 amide bonds. The fourth-order valence-corrected chi connectivity index (χ4v) is 4.77. The molecule has 0 aliphatic rings. The van der Waals surface area contributed by atoms with Gasteiger partial charge in [0, 0.05) is 6.42 Å². The fourth-order valence-electron chi connectivity index (χ4n) is 4.77. The molecular weight excluding hydrogens is 460 g/mol. The molecule has 2 N–H and O–H groups in total. The average Bonchev–Trinajstić information content (AvgIpc) is 2.88. The summed E-state index contributed by atoms with van der Waals surface area (Å²) in [6.45, 7) is 6.53. The van der Waals surface area contributed by atoms with Crippen LogP contribution in [-0.4, -0.2) is 30.9 Å². The van der Waals surface area contributed by atoms with Gasteiger partial charge in [0.25, 0.3) is 0 Å². The molecule has 0 aromatic rings. The maximum Gasteiger partial charge on any atom is 0.217 e. The van der Waals surface area contributed by atoms with Crippen molar-refractivity contribution in [2.24, 2.45) is 5.73 Å². The van der Waals surface area contributed by atoms with E-state index in [4.69, 9.17) is 15.4 Å². The maximum absolute atomic E-state index is 11.1. The van der Waals surface area contributed by atoms with Crippen LogP contribution in [0, 0.1) is 0 Å². The lowest BCUT2D eigenvalue weighted by Crippen LogP contribution is -2.27. The van der Waals surface area contributed by atoms with Crippen LogP contribution in [0.3, 0.4) is 0 Å². The molecule has 222 valence electrons. The standard InChI is InChI=1S/C32H66N2O3/c1-3-5-7-9-11-13-15-17-19-21-23-25-30-36-34(29-27-28-32(33)35)37-31-26-24-22-20-18-16-14-12-10-8-6-4-2/h3-31H2,1-2H3,(H2,33,35). The summed E-state index contributed by atoms with van der Waals surface area (Å²) >= 11 is 0. The second-order valence-corrected chi connectivity index (χ2v) is 11.1. The normalized spacial score (nSPS) is 11.5. The lowest BCUT2D eigenvalue weighted by molar-refractivity contribution is -0.368. The van der Waals surface area contributed by atoms with Crippen LogP contribution in [0.5, 0.6) is 0 Å². The molecule has 0 atom stereocenters. The predicted molar refractivity (Wildman–Crippen MR) is 159 cm³/mol. The van der Waals surface area contributed by atoms with E-state index in [0.29, 0.717) is 32.6 Å². The Labute approximate surface area is 231 Å². The fraction of sp³-hybridized carbons (Fsp3) is 0.969. The summed E-state index contributed by atoms with van der Waals surface area (Å²) in [7, 11) is 0. The molecule has 0 bridgehead atoms. The zero-order valence-corrected chi connectivity index (χ0v) is 25.3. The van der Waals surface area contributed by atoms with Crippen LogP contribution in [0.4, 0.5) is 0 Å². The number of unbranched alkanes of at least 4 members (excludes halogenated alkanes) is 22. The molecule has 5 heteroatoms. The van der Waals surface area contributed by atoms with Crippen molar-refractivity contribution in [2.45, 2.75) is 181 Å². The highest BCUT2D eigenvalue weighted by molar-refractivity contribution is 5.73. The molecule has 0 radical (unpaired) electrons. The summed E-state index contributed by atoms with van der Waals surface area (Å²) in [5.41, 5.74) is 5.29. The summed E-state index contributed by atoms with van der Waals surface area (Å²) in [6.07, 6.45) is 33.2. The number of primary amides is 1. The van der Waals surface area contributed by atoms with E-state index in [1.807, 2.05) is 0 Å². The van der Waals surface area contributed by atoms with Crippen LogP contribution in [0.2, 0.25) is 0 Å². The molecule has 5 nitrogen and oxygen atoms in total. The van der Waals surface area contributed by atoms with Crippen molar-refractivity contribution in [1.82, 2.24) is 5.23 Å². The molecule has 0 unspecified atom stereocenters. The van der Waals surface area contributed by atoms with Gasteiger partial charge in [-0.25, -0.2) is 0 Å². The Morgan fingerprint density at radius 2 is 0.784 bits per heavy atom. The number of nitrogens with two attached hydrogens (primary N) is 1. The number of rotatable bonds is 32. The van der Waals surface area contributed by atoms with E-state index >= 15 is 0 Å². The first-order valence-corrected chi connectivity index (χ1v) is 16.5. The third-order valence-corrected chi connectivity index (χ3v) is 7.23. The van der Waals surface area contributed by atoms with Gasteiger partial charge in [-0.1, -0.05) is 160 Å². The molecule has 0 aliphatic carbocycles. The van der Waals surface area contributed by atoms with Crippen LogP contribution in [0.15, 0.2) is 0 Å².